The van der Waals surface area contributed by atoms with E-state index < -0.39 is 40.8 Å². The SMILES string of the molecule is CC(C(=O)N[C@]1(c2ccccc2)CC[C@@H](C2CCN(C3CCOCC3)CC2)CC1)c1cc(C(F)(F)F)cc(C(F)(F)F)c1. The summed E-state index contributed by atoms with van der Waals surface area (Å²) in [6, 6.07) is 11.5. The zero-order valence-corrected chi connectivity index (χ0v) is 24.4. The van der Waals surface area contributed by atoms with Gasteiger partial charge in [0, 0.05) is 19.3 Å². The van der Waals surface area contributed by atoms with Crippen LogP contribution in [0.1, 0.15) is 86.5 Å². The van der Waals surface area contributed by atoms with Crippen LogP contribution in [-0.4, -0.2) is 43.2 Å². The largest absolute Gasteiger partial charge is 0.416 e. The molecule has 43 heavy (non-hydrogen) atoms. The lowest BCUT2D eigenvalue weighted by atomic mass is 9.67. The zero-order valence-electron chi connectivity index (χ0n) is 24.4. The van der Waals surface area contributed by atoms with E-state index in [4.69, 9.17) is 4.74 Å². The summed E-state index contributed by atoms with van der Waals surface area (Å²) in [5.74, 6) is -0.679. The fourth-order valence-corrected chi connectivity index (χ4v) is 7.38. The second-order valence-corrected chi connectivity index (χ2v) is 12.6. The van der Waals surface area contributed by atoms with Crippen molar-refractivity contribution in [2.24, 2.45) is 11.8 Å². The number of amides is 1. The first kappa shape index (κ1) is 31.8. The lowest BCUT2D eigenvalue weighted by molar-refractivity contribution is -0.143. The minimum atomic E-state index is -4.98. The van der Waals surface area contributed by atoms with E-state index in [0.29, 0.717) is 42.9 Å². The number of benzene rings is 2. The zero-order chi connectivity index (χ0) is 30.8. The first-order chi connectivity index (χ1) is 20.4. The monoisotopic (exact) mass is 610 g/mol. The molecule has 236 valence electrons. The first-order valence-corrected chi connectivity index (χ1v) is 15.3. The van der Waals surface area contributed by atoms with Crippen LogP contribution in [0.15, 0.2) is 48.5 Å². The van der Waals surface area contributed by atoms with Gasteiger partial charge in [-0.2, -0.15) is 26.3 Å². The van der Waals surface area contributed by atoms with Crippen LogP contribution in [-0.2, 0) is 27.4 Å². The van der Waals surface area contributed by atoms with Crippen molar-refractivity contribution in [2.75, 3.05) is 26.3 Å². The number of nitrogens with zero attached hydrogens (tertiary/aromatic N) is 1. The Morgan fingerprint density at radius 1 is 0.837 bits per heavy atom. The Balaban J connectivity index is 1.30. The number of nitrogens with one attached hydrogen (secondary N) is 1. The number of carbonyl (C=O) groups excluding carboxylic acids is 1. The summed E-state index contributed by atoms with van der Waals surface area (Å²) < 4.78 is 86.4. The minimum absolute atomic E-state index is 0.0922. The molecular weight excluding hydrogens is 570 g/mol. The second-order valence-electron chi connectivity index (χ2n) is 12.6. The summed E-state index contributed by atoms with van der Waals surface area (Å²) >= 11 is 0. The predicted molar refractivity (Wildman–Crippen MR) is 151 cm³/mol. The molecule has 2 aromatic carbocycles. The number of carbonyl (C=O) groups is 1. The lowest BCUT2D eigenvalue weighted by Crippen LogP contribution is -2.50. The van der Waals surface area contributed by atoms with Gasteiger partial charge in [0.2, 0.25) is 5.91 Å². The molecule has 2 aromatic rings. The van der Waals surface area contributed by atoms with Gasteiger partial charge in [0.05, 0.1) is 22.6 Å². The molecule has 5 rings (SSSR count). The van der Waals surface area contributed by atoms with Crippen molar-refractivity contribution < 1.29 is 35.9 Å². The smallest absolute Gasteiger partial charge is 0.381 e. The van der Waals surface area contributed by atoms with Crippen molar-refractivity contribution in [2.45, 2.75) is 88.1 Å². The molecule has 10 heteroatoms. The van der Waals surface area contributed by atoms with E-state index in [-0.39, 0.29) is 11.6 Å². The van der Waals surface area contributed by atoms with Gasteiger partial charge in [0.1, 0.15) is 0 Å². The molecule has 3 fully saturated rings. The number of rotatable bonds is 6. The van der Waals surface area contributed by atoms with E-state index in [0.717, 1.165) is 70.4 Å². The summed E-state index contributed by atoms with van der Waals surface area (Å²) in [5.41, 5.74) is -2.98. The van der Waals surface area contributed by atoms with Crippen LogP contribution in [0, 0.1) is 11.8 Å². The van der Waals surface area contributed by atoms with Gasteiger partial charge in [-0.1, -0.05) is 30.3 Å². The maximum absolute atomic E-state index is 13.6. The molecule has 3 aliphatic rings. The molecule has 0 spiro atoms. The van der Waals surface area contributed by atoms with Crippen LogP contribution >= 0.6 is 0 Å². The summed E-state index contributed by atoms with van der Waals surface area (Å²) in [7, 11) is 0. The molecule has 2 aliphatic heterocycles. The van der Waals surface area contributed by atoms with Crippen molar-refractivity contribution in [1.29, 1.82) is 0 Å². The summed E-state index contributed by atoms with van der Waals surface area (Å²) in [4.78, 5) is 16.2. The van der Waals surface area contributed by atoms with Crippen molar-refractivity contribution in [3.63, 3.8) is 0 Å². The van der Waals surface area contributed by atoms with Gasteiger partial charge in [0.15, 0.2) is 0 Å². The molecule has 1 N–H and O–H groups in total. The van der Waals surface area contributed by atoms with E-state index >= 15 is 0 Å². The summed E-state index contributed by atoms with van der Waals surface area (Å²) in [6.45, 7) is 5.19. The highest BCUT2D eigenvalue weighted by molar-refractivity contribution is 5.84. The number of halogens is 6. The highest BCUT2D eigenvalue weighted by atomic mass is 19.4. The first-order valence-electron chi connectivity index (χ1n) is 15.3. The van der Waals surface area contributed by atoms with E-state index in [1.807, 2.05) is 30.3 Å². The van der Waals surface area contributed by atoms with Gasteiger partial charge >= 0.3 is 12.4 Å². The fourth-order valence-electron chi connectivity index (χ4n) is 7.38. The van der Waals surface area contributed by atoms with Crippen LogP contribution in [0.2, 0.25) is 0 Å². The van der Waals surface area contributed by atoms with Crippen LogP contribution in [0.3, 0.4) is 0 Å². The topological polar surface area (TPSA) is 41.6 Å². The Morgan fingerprint density at radius 2 is 1.37 bits per heavy atom. The normalized spacial score (nSPS) is 25.8. The lowest BCUT2D eigenvalue weighted by Gasteiger charge is -2.46. The standard InChI is InChI=1S/C33H40F6N2O2/c1-22(25-19-27(32(34,35)36)21-28(20-25)33(37,38)39)30(42)40-31(26-5-3-2-4-6-26)13-7-23(8-14-31)24-9-15-41(16-10-24)29-11-17-43-18-12-29/h2-6,19-24,29H,7-18H2,1H3,(H,40,42)/t22?,23-,31-. The molecule has 0 radical (unpaired) electrons. The fraction of sp³-hybridized carbons (Fsp3) is 0.606. The van der Waals surface area contributed by atoms with Gasteiger partial charge < -0.3 is 15.0 Å². The summed E-state index contributed by atoms with van der Waals surface area (Å²) in [6.07, 6.45) is -2.38. The summed E-state index contributed by atoms with van der Waals surface area (Å²) in [5, 5.41) is 3.12. The number of hydrogen-bond acceptors (Lipinski definition) is 3. The molecule has 2 saturated heterocycles. The Labute approximate surface area is 249 Å². The number of ether oxygens (including phenoxy) is 1. The van der Waals surface area contributed by atoms with Gasteiger partial charge in [-0.25, -0.2) is 0 Å². The molecule has 1 aliphatic carbocycles. The molecule has 1 unspecified atom stereocenters. The highest BCUT2D eigenvalue weighted by Gasteiger charge is 2.42. The third kappa shape index (κ3) is 7.39. The Morgan fingerprint density at radius 3 is 1.91 bits per heavy atom. The van der Waals surface area contributed by atoms with E-state index in [1.54, 1.807) is 0 Å². The van der Waals surface area contributed by atoms with Crippen molar-refractivity contribution in [3.8, 4) is 0 Å². The maximum atomic E-state index is 13.6. The Bertz CT molecular complexity index is 1190. The van der Waals surface area contributed by atoms with Crippen LogP contribution in [0.5, 0.6) is 0 Å². The van der Waals surface area contributed by atoms with E-state index in [1.165, 1.54) is 6.92 Å². The molecular formula is C33H40F6N2O2. The highest BCUT2D eigenvalue weighted by Crippen LogP contribution is 2.45. The van der Waals surface area contributed by atoms with Gasteiger partial charge in [-0.15, -0.1) is 0 Å². The Kier molecular flexibility index (Phi) is 9.47. The van der Waals surface area contributed by atoms with Gasteiger partial charge in [0.25, 0.3) is 0 Å². The average molecular weight is 611 g/mol. The van der Waals surface area contributed by atoms with Gasteiger partial charge in [-0.3, -0.25) is 4.79 Å². The van der Waals surface area contributed by atoms with Crippen LogP contribution < -0.4 is 5.32 Å². The molecule has 0 bridgehead atoms. The van der Waals surface area contributed by atoms with Gasteiger partial charge in [-0.05, 0) is 113 Å². The maximum Gasteiger partial charge on any atom is 0.416 e. The number of piperidine rings is 1. The molecule has 1 amide bonds. The average Bonchev–Trinajstić information content (AvgIpc) is 3.01. The van der Waals surface area contributed by atoms with Crippen molar-refractivity contribution in [3.05, 3.63) is 70.8 Å². The third-order valence-corrected chi connectivity index (χ3v) is 10.0. The third-order valence-electron chi connectivity index (χ3n) is 10.0. The number of alkyl halides is 6. The van der Waals surface area contributed by atoms with Crippen molar-refractivity contribution >= 4 is 5.91 Å². The van der Waals surface area contributed by atoms with E-state index in [9.17, 15) is 31.1 Å². The molecule has 1 saturated carbocycles. The molecule has 0 aromatic heterocycles. The second kappa shape index (κ2) is 12.8. The van der Waals surface area contributed by atoms with Crippen molar-refractivity contribution in [1.82, 2.24) is 10.2 Å². The molecule has 4 nitrogen and oxygen atoms in total. The molecule has 1 atom stereocenters. The quantitative estimate of drug-likeness (QED) is 0.338. The number of likely N-dealkylation sites (tertiary alicyclic amines) is 1. The van der Waals surface area contributed by atoms with Crippen LogP contribution in [0.25, 0.3) is 0 Å². The van der Waals surface area contributed by atoms with Crippen LogP contribution in [0.4, 0.5) is 26.3 Å². The van der Waals surface area contributed by atoms with E-state index in [2.05, 4.69) is 10.2 Å². The minimum Gasteiger partial charge on any atom is -0.381 e. The number of hydrogen-bond donors (Lipinski definition) is 1. The molecule has 2 heterocycles. The predicted octanol–water partition coefficient (Wildman–Crippen LogP) is 7.92. The Hall–Kier alpha value is -2.59.